The number of carbonyl (C=O) groups excluding carboxylic acids is 1. The summed E-state index contributed by atoms with van der Waals surface area (Å²) in [5.41, 5.74) is 5.58. The van der Waals surface area contributed by atoms with Crippen LogP contribution in [0.4, 0.5) is 11.6 Å². The highest BCUT2D eigenvalue weighted by Gasteiger charge is 2.19. The van der Waals surface area contributed by atoms with Gasteiger partial charge in [0.25, 0.3) is 0 Å². The fraction of sp³-hybridized carbons (Fsp3) is 0.545. The third-order valence-corrected chi connectivity index (χ3v) is 2.90. The lowest BCUT2D eigenvalue weighted by molar-refractivity contribution is -0.128. The summed E-state index contributed by atoms with van der Waals surface area (Å²) in [6.45, 7) is 2.08. The van der Waals surface area contributed by atoms with Crippen LogP contribution in [0.2, 0.25) is 0 Å². The van der Waals surface area contributed by atoms with Gasteiger partial charge in [0.1, 0.15) is 18.0 Å². The molecule has 1 aliphatic heterocycles. The molecule has 92 valence electrons. The Balaban J connectivity index is 1.96. The number of likely N-dealkylation sites (N-methyl/N-ethyl adjacent to an activating group) is 1. The number of nitrogens with two attached hydrogens (primary N) is 1. The fourth-order valence-corrected chi connectivity index (χ4v) is 1.92. The molecule has 0 radical (unpaired) electrons. The predicted molar refractivity (Wildman–Crippen MR) is 65.5 cm³/mol. The van der Waals surface area contributed by atoms with Gasteiger partial charge in [0, 0.05) is 26.2 Å². The smallest absolute Gasteiger partial charge is 0.242 e. The van der Waals surface area contributed by atoms with Crippen LogP contribution in [-0.2, 0) is 4.79 Å². The molecule has 0 bridgehead atoms. The number of rotatable bonds is 3. The van der Waals surface area contributed by atoms with E-state index in [2.05, 4.69) is 9.97 Å². The highest BCUT2D eigenvalue weighted by atomic mass is 16.2. The molecule has 0 spiro atoms. The molecule has 0 atom stereocenters. The molecule has 0 aromatic carbocycles. The molecule has 2 heterocycles. The number of hydrogen-bond acceptors (Lipinski definition) is 5. The van der Waals surface area contributed by atoms with E-state index < -0.39 is 0 Å². The van der Waals surface area contributed by atoms with Crippen molar-refractivity contribution in [3.8, 4) is 0 Å². The van der Waals surface area contributed by atoms with E-state index in [0.717, 1.165) is 25.9 Å². The van der Waals surface area contributed by atoms with Crippen molar-refractivity contribution in [2.45, 2.75) is 12.8 Å². The molecule has 2 N–H and O–H groups in total. The lowest BCUT2D eigenvalue weighted by atomic mass is 10.4. The van der Waals surface area contributed by atoms with Crippen LogP contribution in [-0.4, -0.2) is 47.5 Å². The molecule has 6 nitrogen and oxygen atoms in total. The summed E-state index contributed by atoms with van der Waals surface area (Å²) in [5, 5.41) is 0. The van der Waals surface area contributed by atoms with Crippen LogP contribution in [0.25, 0.3) is 0 Å². The Morgan fingerprint density at radius 3 is 2.82 bits per heavy atom. The maximum absolute atomic E-state index is 11.9. The van der Waals surface area contributed by atoms with Crippen LogP contribution in [0.15, 0.2) is 12.4 Å². The van der Waals surface area contributed by atoms with E-state index in [4.69, 9.17) is 5.73 Å². The van der Waals surface area contributed by atoms with Crippen LogP contribution < -0.4 is 10.6 Å². The summed E-state index contributed by atoms with van der Waals surface area (Å²) < 4.78 is 0. The third kappa shape index (κ3) is 2.83. The van der Waals surface area contributed by atoms with E-state index in [-0.39, 0.29) is 5.91 Å². The Labute approximate surface area is 100 Å². The quantitative estimate of drug-likeness (QED) is 0.805. The van der Waals surface area contributed by atoms with Gasteiger partial charge in [-0.15, -0.1) is 0 Å². The normalized spacial score (nSPS) is 15.0. The zero-order valence-corrected chi connectivity index (χ0v) is 9.96. The van der Waals surface area contributed by atoms with Gasteiger partial charge < -0.3 is 15.5 Å². The van der Waals surface area contributed by atoms with E-state index in [1.165, 1.54) is 6.33 Å². The standard InChI is InChI=1S/C11H17N5O/c1-15(10-6-9(12)13-8-14-10)7-11(17)16-4-2-3-5-16/h6,8H,2-5,7H2,1H3,(H2,12,13,14). The second-order valence-corrected chi connectivity index (χ2v) is 4.25. The average molecular weight is 235 g/mol. The number of nitrogen functional groups attached to an aromatic ring is 1. The number of nitrogens with zero attached hydrogens (tertiary/aromatic N) is 4. The number of carbonyl (C=O) groups is 1. The molecular formula is C11H17N5O. The highest BCUT2D eigenvalue weighted by molar-refractivity contribution is 5.81. The summed E-state index contributed by atoms with van der Waals surface area (Å²) in [5.74, 6) is 1.22. The number of amides is 1. The molecule has 1 fully saturated rings. The maximum Gasteiger partial charge on any atom is 0.242 e. The monoisotopic (exact) mass is 235 g/mol. The Bertz CT molecular complexity index is 403. The third-order valence-electron chi connectivity index (χ3n) is 2.90. The van der Waals surface area contributed by atoms with Crippen LogP contribution in [0.1, 0.15) is 12.8 Å². The molecule has 1 aromatic heterocycles. The second kappa shape index (κ2) is 4.99. The molecule has 6 heteroatoms. The second-order valence-electron chi connectivity index (χ2n) is 4.25. The Morgan fingerprint density at radius 1 is 1.47 bits per heavy atom. The zero-order valence-electron chi connectivity index (χ0n) is 9.96. The van der Waals surface area contributed by atoms with Crippen molar-refractivity contribution >= 4 is 17.5 Å². The van der Waals surface area contributed by atoms with Gasteiger partial charge >= 0.3 is 0 Å². The van der Waals surface area contributed by atoms with Gasteiger partial charge in [0.05, 0.1) is 6.54 Å². The van der Waals surface area contributed by atoms with Gasteiger partial charge in [-0.05, 0) is 12.8 Å². The lowest BCUT2D eigenvalue weighted by Gasteiger charge is -2.21. The predicted octanol–water partition coefficient (Wildman–Crippen LogP) is 0.117. The van der Waals surface area contributed by atoms with E-state index in [0.29, 0.717) is 18.2 Å². The molecule has 1 aliphatic rings. The maximum atomic E-state index is 11.9. The number of hydrogen-bond donors (Lipinski definition) is 1. The van der Waals surface area contributed by atoms with Gasteiger partial charge in [-0.25, -0.2) is 9.97 Å². The Kier molecular flexibility index (Phi) is 3.41. The van der Waals surface area contributed by atoms with Crippen LogP contribution >= 0.6 is 0 Å². The Morgan fingerprint density at radius 2 is 2.18 bits per heavy atom. The minimum atomic E-state index is 0.141. The molecule has 1 amide bonds. The van der Waals surface area contributed by atoms with Crippen molar-refractivity contribution in [3.05, 3.63) is 12.4 Å². The van der Waals surface area contributed by atoms with E-state index >= 15 is 0 Å². The summed E-state index contributed by atoms with van der Waals surface area (Å²) in [7, 11) is 1.83. The molecule has 1 aromatic rings. The zero-order chi connectivity index (χ0) is 12.3. The van der Waals surface area contributed by atoms with Crippen LogP contribution in [0, 0.1) is 0 Å². The fourth-order valence-electron chi connectivity index (χ4n) is 1.92. The summed E-state index contributed by atoms with van der Waals surface area (Å²) in [4.78, 5) is 23.5. The topological polar surface area (TPSA) is 75.4 Å². The van der Waals surface area contributed by atoms with Crippen molar-refractivity contribution in [2.24, 2.45) is 0 Å². The molecule has 17 heavy (non-hydrogen) atoms. The van der Waals surface area contributed by atoms with Crippen molar-refractivity contribution in [1.82, 2.24) is 14.9 Å². The summed E-state index contributed by atoms with van der Waals surface area (Å²) >= 11 is 0. The van der Waals surface area contributed by atoms with Gasteiger partial charge in [0.15, 0.2) is 0 Å². The molecule has 0 aliphatic carbocycles. The SMILES string of the molecule is CN(CC(=O)N1CCCC1)c1cc(N)ncn1. The number of likely N-dealkylation sites (tertiary alicyclic amines) is 1. The Hall–Kier alpha value is -1.85. The van der Waals surface area contributed by atoms with Gasteiger partial charge in [-0.3, -0.25) is 4.79 Å². The molecular weight excluding hydrogens is 218 g/mol. The molecule has 1 saturated heterocycles. The van der Waals surface area contributed by atoms with Crippen LogP contribution in [0.3, 0.4) is 0 Å². The largest absolute Gasteiger partial charge is 0.384 e. The number of aromatic nitrogens is 2. The first kappa shape index (κ1) is 11.6. The van der Waals surface area contributed by atoms with Crippen molar-refractivity contribution in [1.29, 1.82) is 0 Å². The van der Waals surface area contributed by atoms with E-state index in [1.807, 2.05) is 11.9 Å². The molecule has 0 unspecified atom stereocenters. The van der Waals surface area contributed by atoms with E-state index in [1.54, 1.807) is 11.0 Å². The first-order valence-electron chi connectivity index (χ1n) is 5.73. The van der Waals surface area contributed by atoms with Crippen molar-refractivity contribution < 1.29 is 4.79 Å². The number of anilines is 2. The first-order chi connectivity index (χ1) is 8.16. The lowest BCUT2D eigenvalue weighted by Crippen LogP contribution is -2.37. The highest BCUT2D eigenvalue weighted by Crippen LogP contribution is 2.12. The summed E-state index contributed by atoms with van der Waals surface area (Å²) in [6.07, 6.45) is 3.62. The van der Waals surface area contributed by atoms with Gasteiger partial charge in [-0.2, -0.15) is 0 Å². The van der Waals surface area contributed by atoms with Crippen molar-refractivity contribution in [2.75, 3.05) is 37.3 Å². The summed E-state index contributed by atoms with van der Waals surface area (Å²) in [6, 6.07) is 1.66. The van der Waals surface area contributed by atoms with Crippen LogP contribution in [0.5, 0.6) is 0 Å². The van der Waals surface area contributed by atoms with Crippen molar-refractivity contribution in [3.63, 3.8) is 0 Å². The minimum absolute atomic E-state index is 0.141. The van der Waals surface area contributed by atoms with E-state index in [9.17, 15) is 4.79 Å². The average Bonchev–Trinajstić information content (AvgIpc) is 2.82. The van der Waals surface area contributed by atoms with Gasteiger partial charge in [-0.1, -0.05) is 0 Å². The first-order valence-corrected chi connectivity index (χ1v) is 5.73. The van der Waals surface area contributed by atoms with Gasteiger partial charge in [0.2, 0.25) is 5.91 Å². The molecule has 2 rings (SSSR count). The molecule has 0 saturated carbocycles. The minimum Gasteiger partial charge on any atom is -0.384 e.